The maximum Gasteiger partial charge on any atom is 0.326 e. The number of para-hydroxylation sites is 1. The van der Waals surface area contributed by atoms with Crippen LogP contribution in [0.15, 0.2) is 91.1 Å². The largest absolute Gasteiger partial charge is 0.480 e. The van der Waals surface area contributed by atoms with Gasteiger partial charge >= 0.3 is 5.97 Å². The molecule has 3 amide bonds. The summed E-state index contributed by atoms with van der Waals surface area (Å²) in [5, 5.41) is 18.9. The van der Waals surface area contributed by atoms with Gasteiger partial charge in [0.25, 0.3) is 0 Å². The monoisotopic (exact) mass is 626 g/mol. The molecule has 0 saturated carbocycles. The van der Waals surface area contributed by atoms with Gasteiger partial charge in [-0.05, 0) is 55.0 Å². The molecule has 0 spiro atoms. The average molecular weight is 627 g/mol. The first-order valence-electron chi connectivity index (χ1n) is 15.5. The van der Waals surface area contributed by atoms with Gasteiger partial charge in [0, 0.05) is 29.9 Å². The summed E-state index contributed by atoms with van der Waals surface area (Å²) < 4.78 is 0. The van der Waals surface area contributed by atoms with E-state index in [9.17, 15) is 24.3 Å². The van der Waals surface area contributed by atoms with Crippen LogP contribution >= 0.6 is 0 Å². The van der Waals surface area contributed by atoms with E-state index in [0.717, 1.165) is 27.6 Å². The summed E-state index contributed by atoms with van der Waals surface area (Å²) >= 11 is 0. The summed E-state index contributed by atoms with van der Waals surface area (Å²) in [5.41, 5.74) is 15.3. The Labute approximate surface area is 268 Å². The standard InChI is InChI=1S/C35H42N6O5/c36-18-10-9-17-29(35(45)46)39-33(43)31(20-24-13-5-2-6-14-24)41-34(44)30(19-23-11-3-1-4-12-23)40-32(42)27(37)21-25-22-38-28-16-8-7-15-26(25)28/h1-8,11-16,22,27,29-31,38H,9-10,17-21,36-37H2,(H,39,43)(H,40,42)(H,41,44)(H,45,46). The van der Waals surface area contributed by atoms with Crippen LogP contribution in [0.4, 0.5) is 0 Å². The molecule has 3 aromatic carbocycles. The number of hydrogen-bond acceptors (Lipinski definition) is 6. The maximum absolute atomic E-state index is 13.9. The number of fused-ring (bicyclic) bond motifs is 1. The van der Waals surface area contributed by atoms with Crippen LogP contribution in [0.25, 0.3) is 10.9 Å². The molecule has 4 aromatic rings. The van der Waals surface area contributed by atoms with Crippen molar-refractivity contribution >= 4 is 34.6 Å². The van der Waals surface area contributed by atoms with E-state index in [1.165, 1.54) is 0 Å². The number of carbonyl (C=O) groups is 4. The van der Waals surface area contributed by atoms with E-state index in [4.69, 9.17) is 11.5 Å². The van der Waals surface area contributed by atoms with E-state index in [2.05, 4.69) is 20.9 Å². The number of H-pyrrole nitrogens is 1. The molecule has 0 saturated heterocycles. The molecule has 4 rings (SSSR count). The lowest BCUT2D eigenvalue weighted by Crippen LogP contribution is -2.58. The molecule has 0 aliphatic rings. The van der Waals surface area contributed by atoms with E-state index in [-0.39, 0.29) is 25.7 Å². The number of nitrogens with one attached hydrogen (secondary N) is 4. The first-order chi connectivity index (χ1) is 22.2. The van der Waals surface area contributed by atoms with Crippen LogP contribution in [0, 0.1) is 0 Å². The fourth-order valence-electron chi connectivity index (χ4n) is 5.32. The van der Waals surface area contributed by atoms with Crippen molar-refractivity contribution in [2.45, 2.75) is 62.7 Å². The number of carboxylic acids is 1. The van der Waals surface area contributed by atoms with Crippen LogP contribution in [0.3, 0.4) is 0 Å². The lowest BCUT2D eigenvalue weighted by molar-refractivity contribution is -0.142. The minimum absolute atomic E-state index is 0.111. The number of unbranched alkanes of at least 4 members (excludes halogenated alkanes) is 1. The highest BCUT2D eigenvalue weighted by molar-refractivity contribution is 5.94. The SMILES string of the molecule is NCCCCC(NC(=O)C(Cc1ccccc1)NC(=O)C(Cc1ccccc1)NC(=O)C(N)Cc1c[nH]c2ccccc12)C(=O)O. The van der Waals surface area contributed by atoms with Crippen LogP contribution in [0.5, 0.6) is 0 Å². The van der Waals surface area contributed by atoms with Crippen LogP contribution in [0.1, 0.15) is 36.0 Å². The van der Waals surface area contributed by atoms with Crippen LogP contribution < -0.4 is 27.4 Å². The maximum atomic E-state index is 13.9. The van der Waals surface area contributed by atoms with Crippen molar-refractivity contribution in [1.29, 1.82) is 0 Å². The van der Waals surface area contributed by atoms with Gasteiger partial charge < -0.3 is 37.5 Å². The Morgan fingerprint density at radius 2 is 1.20 bits per heavy atom. The summed E-state index contributed by atoms with van der Waals surface area (Å²) in [6.45, 7) is 0.410. The van der Waals surface area contributed by atoms with Crippen LogP contribution in [0.2, 0.25) is 0 Å². The molecule has 0 aliphatic carbocycles. The Balaban J connectivity index is 1.52. The highest BCUT2D eigenvalue weighted by atomic mass is 16.4. The van der Waals surface area contributed by atoms with Gasteiger partial charge in [0.05, 0.1) is 6.04 Å². The van der Waals surface area contributed by atoms with Crippen molar-refractivity contribution in [3.8, 4) is 0 Å². The highest BCUT2D eigenvalue weighted by Crippen LogP contribution is 2.19. The van der Waals surface area contributed by atoms with E-state index >= 15 is 0 Å². The van der Waals surface area contributed by atoms with Gasteiger partial charge in [0.1, 0.15) is 18.1 Å². The Kier molecular flexibility index (Phi) is 12.4. The number of rotatable bonds is 17. The van der Waals surface area contributed by atoms with E-state index in [0.29, 0.717) is 19.4 Å². The minimum Gasteiger partial charge on any atom is -0.480 e. The molecule has 0 bridgehead atoms. The van der Waals surface area contributed by atoms with Crippen molar-refractivity contribution in [2.24, 2.45) is 11.5 Å². The Hall–Kier alpha value is -5.00. The van der Waals surface area contributed by atoms with Gasteiger partial charge in [0.15, 0.2) is 0 Å². The average Bonchev–Trinajstić information content (AvgIpc) is 3.47. The third kappa shape index (κ3) is 9.75. The van der Waals surface area contributed by atoms with Gasteiger partial charge in [-0.1, -0.05) is 78.9 Å². The summed E-state index contributed by atoms with van der Waals surface area (Å²) in [7, 11) is 0. The molecule has 0 fully saturated rings. The fraction of sp³-hybridized carbons (Fsp3) is 0.314. The number of carboxylic acid groups (broad SMARTS) is 1. The number of aliphatic carboxylic acids is 1. The fourth-order valence-corrected chi connectivity index (χ4v) is 5.32. The molecule has 0 radical (unpaired) electrons. The zero-order valence-electron chi connectivity index (χ0n) is 25.7. The van der Waals surface area contributed by atoms with Crippen molar-refractivity contribution < 1.29 is 24.3 Å². The molecular formula is C35H42N6O5. The zero-order valence-corrected chi connectivity index (χ0v) is 25.7. The first kappa shape index (κ1) is 33.9. The molecule has 9 N–H and O–H groups in total. The van der Waals surface area contributed by atoms with Gasteiger partial charge in [-0.3, -0.25) is 14.4 Å². The zero-order chi connectivity index (χ0) is 32.9. The molecule has 11 nitrogen and oxygen atoms in total. The third-order valence-electron chi connectivity index (χ3n) is 7.84. The Morgan fingerprint density at radius 3 is 1.76 bits per heavy atom. The summed E-state index contributed by atoms with van der Waals surface area (Å²) in [4.78, 5) is 55.8. The molecule has 1 heterocycles. The number of nitrogens with two attached hydrogens (primary N) is 2. The summed E-state index contributed by atoms with van der Waals surface area (Å²) in [6.07, 6.45) is 3.66. The van der Waals surface area contributed by atoms with Gasteiger partial charge in [-0.15, -0.1) is 0 Å². The lowest BCUT2D eigenvalue weighted by Gasteiger charge is -2.25. The quantitative estimate of drug-likeness (QED) is 0.0873. The van der Waals surface area contributed by atoms with Crippen molar-refractivity contribution in [1.82, 2.24) is 20.9 Å². The second-order valence-corrected chi connectivity index (χ2v) is 11.4. The summed E-state index contributed by atoms with van der Waals surface area (Å²) in [6, 6.07) is 21.7. The number of carbonyl (C=O) groups excluding carboxylic acids is 3. The highest BCUT2D eigenvalue weighted by Gasteiger charge is 2.31. The predicted octanol–water partition coefficient (Wildman–Crippen LogP) is 2.19. The second-order valence-electron chi connectivity index (χ2n) is 11.4. The normalized spacial score (nSPS) is 13.7. The van der Waals surface area contributed by atoms with Crippen LogP contribution in [-0.4, -0.2) is 64.5 Å². The Bertz CT molecular complexity index is 1590. The second kappa shape index (κ2) is 16.9. The Morgan fingerprint density at radius 1 is 0.674 bits per heavy atom. The van der Waals surface area contributed by atoms with Crippen molar-refractivity contribution in [3.05, 3.63) is 108 Å². The van der Waals surface area contributed by atoms with Crippen molar-refractivity contribution in [2.75, 3.05) is 6.54 Å². The molecule has 46 heavy (non-hydrogen) atoms. The number of benzene rings is 3. The van der Waals surface area contributed by atoms with Crippen molar-refractivity contribution in [3.63, 3.8) is 0 Å². The summed E-state index contributed by atoms with van der Waals surface area (Å²) in [5.74, 6) is -2.93. The van der Waals surface area contributed by atoms with Gasteiger partial charge in [-0.25, -0.2) is 4.79 Å². The molecule has 1 aromatic heterocycles. The topological polar surface area (TPSA) is 192 Å². The molecule has 242 valence electrons. The van der Waals surface area contributed by atoms with E-state index < -0.39 is 47.9 Å². The predicted molar refractivity (Wildman–Crippen MR) is 177 cm³/mol. The van der Waals surface area contributed by atoms with Gasteiger partial charge in [-0.2, -0.15) is 0 Å². The van der Waals surface area contributed by atoms with E-state index in [1.807, 2.05) is 91.1 Å². The minimum atomic E-state index is -1.17. The molecule has 0 aliphatic heterocycles. The lowest BCUT2D eigenvalue weighted by atomic mass is 10.0. The molecular weight excluding hydrogens is 584 g/mol. The number of aromatic nitrogens is 1. The van der Waals surface area contributed by atoms with Crippen LogP contribution in [-0.2, 0) is 38.4 Å². The third-order valence-corrected chi connectivity index (χ3v) is 7.84. The molecule has 11 heteroatoms. The smallest absolute Gasteiger partial charge is 0.326 e. The number of hydrogen-bond donors (Lipinski definition) is 7. The van der Waals surface area contributed by atoms with E-state index in [1.54, 1.807) is 0 Å². The number of amides is 3. The van der Waals surface area contributed by atoms with Gasteiger partial charge in [0.2, 0.25) is 17.7 Å². The number of aromatic amines is 1. The molecule has 4 unspecified atom stereocenters. The molecule has 4 atom stereocenters. The first-order valence-corrected chi connectivity index (χ1v) is 15.5.